The Bertz CT molecular complexity index is 786. The van der Waals surface area contributed by atoms with Gasteiger partial charge in [0.2, 0.25) is 0 Å². The number of para-hydroxylation sites is 1. The van der Waals surface area contributed by atoms with E-state index in [1.807, 2.05) is 24.3 Å². The number of aromatic nitrogens is 2. The topological polar surface area (TPSA) is 72.0 Å². The fraction of sp³-hybridized carbons (Fsp3) is 0.133. The van der Waals surface area contributed by atoms with Gasteiger partial charge in [0.1, 0.15) is 17.3 Å². The highest BCUT2D eigenvalue weighted by atomic mass is 32.1. The fourth-order valence-corrected chi connectivity index (χ4v) is 2.78. The predicted molar refractivity (Wildman–Crippen MR) is 79.5 cm³/mol. The van der Waals surface area contributed by atoms with Gasteiger partial charge in [-0.15, -0.1) is 11.3 Å². The number of benzene rings is 1. The SMILES string of the molecule is CC(=O)c1c[nH]c(C(=O)OCc2nc3ccccc3s2)c1. The van der Waals surface area contributed by atoms with E-state index in [9.17, 15) is 9.59 Å². The minimum atomic E-state index is -0.498. The number of fused-ring (bicyclic) bond motifs is 1. The van der Waals surface area contributed by atoms with Gasteiger partial charge in [-0.3, -0.25) is 4.79 Å². The summed E-state index contributed by atoms with van der Waals surface area (Å²) in [4.78, 5) is 30.2. The van der Waals surface area contributed by atoms with Gasteiger partial charge in [0.15, 0.2) is 5.78 Å². The van der Waals surface area contributed by atoms with Gasteiger partial charge in [-0.2, -0.15) is 0 Å². The van der Waals surface area contributed by atoms with Gasteiger partial charge in [0.05, 0.1) is 10.2 Å². The Morgan fingerprint density at radius 3 is 2.86 bits per heavy atom. The number of ether oxygens (including phenoxy) is 1. The number of thiazole rings is 1. The number of esters is 1. The number of hydrogen-bond donors (Lipinski definition) is 1. The smallest absolute Gasteiger partial charge is 0.355 e. The summed E-state index contributed by atoms with van der Waals surface area (Å²) in [5, 5.41) is 0.739. The maximum Gasteiger partial charge on any atom is 0.355 e. The predicted octanol–water partition coefficient (Wildman–Crippen LogP) is 3.18. The van der Waals surface area contributed by atoms with E-state index in [0.717, 1.165) is 15.2 Å². The molecule has 0 saturated heterocycles. The van der Waals surface area contributed by atoms with Crippen molar-refractivity contribution in [3.05, 3.63) is 52.8 Å². The number of aromatic amines is 1. The summed E-state index contributed by atoms with van der Waals surface area (Å²) in [6.45, 7) is 1.56. The van der Waals surface area contributed by atoms with Crippen molar-refractivity contribution in [3.63, 3.8) is 0 Å². The summed E-state index contributed by atoms with van der Waals surface area (Å²) in [5.41, 5.74) is 1.62. The Kier molecular flexibility index (Phi) is 3.53. The molecule has 2 aromatic heterocycles. The first kappa shape index (κ1) is 13.5. The lowest BCUT2D eigenvalue weighted by molar-refractivity contribution is 0.0466. The normalized spacial score (nSPS) is 10.7. The van der Waals surface area contributed by atoms with Gasteiger partial charge in [0, 0.05) is 11.8 Å². The van der Waals surface area contributed by atoms with Gasteiger partial charge < -0.3 is 9.72 Å². The molecule has 5 nitrogen and oxygen atoms in total. The molecule has 0 bridgehead atoms. The highest BCUT2D eigenvalue weighted by Gasteiger charge is 2.13. The molecule has 0 atom stereocenters. The first-order valence-corrected chi connectivity index (χ1v) is 7.16. The molecule has 0 aliphatic rings. The zero-order valence-corrected chi connectivity index (χ0v) is 12.1. The van der Waals surface area contributed by atoms with Crippen LogP contribution in [0.4, 0.5) is 0 Å². The van der Waals surface area contributed by atoms with E-state index >= 15 is 0 Å². The van der Waals surface area contributed by atoms with E-state index in [-0.39, 0.29) is 18.1 Å². The van der Waals surface area contributed by atoms with Gasteiger partial charge in [-0.25, -0.2) is 9.78 Å². The number of carbonyl (C=O) groups is 2. The molecule has 3 rings (SSSR count). The first-order valence-electron chi connectivity index (χ1n) is 6.34. The van der Waals surface area contributed by atoms with E-state index in [4.69, 9.17) is 4.74 Å². The van der Waals surface area contributed by atoms with Crippen molar-refractivity contribution in [2.24, 2.45) is 0 Å². The van der Waals surface area contributed by atoms with Crippen LogP contribution in [0, 0.1) is 0 Å². The molecule has 1 aromatic carbocycles. The van der Waals surface area contributed by atoms with Gasteiger partial charge in [-0.05, 0) is 25.1 Å². The zero-order valence-electron chi connectivity index (χ0n) is 11.3. The van der Waals surface area contributed by atoms with Crippen LogP contribution in [0.5, 0.6) is 0 Å². The quantitative estimate of drug-likeness (QED) is 0.593. The second-order valence-electron chi connectivity index (χ2n) is 4.51. The van der Waals surface area contributed by atoms with E-state index in [1.54, 1.807) is 0 Å². The molecule has 0 aliphatic carbocycles. The third-order valence-electron chi connectivity index (χ3n) is 2.97. The maximum absolute atomic E-state index is 11.9. The molecule has 0 amide bonds. The second-order valence-corrected chi connectivity index (χ2v) is 5.62. The Morgan fingerprint density at radius 1 is 1.33 bits per heavy atom. The lowest BCUT2D eigenvalue weighted by atomic mass is 10.2. The van der Waals surface area contributed by atoms with Crippen LogP contribution in [0.15, 0.2) is 36.5 Å². The summed E-state index contributed by atoms with van der Waals surface area (Å²) in [6, 6.07) is 9.24. The fourth-order valence-electron chi connectivity index (χ4n) is 1.90. The van der Waals surface area contributed by atoms with Crippen molar-refractivity contribution in [3.8, 4) is 0 Å². The lowest BCUT2D eigenvalue weighted by Crippen LogP contribution is -2.05. The van der Waals surface area contributed by atoms with Gasteiger partial charge >= 0.3 is 5.97 Å². The van der Waals surface area contributed by atoms with Crippen LogP contribution in [0.3, 0.4) is 0 Å². The Labute approximate surface area is 124 Å². The van der Waals surface area contributed by atoms with Crippen molar-refractivity contribution in [2.45, 2.75) is 13.5 Å². The molecule has 21 heavy (non-hydrogen) atoms. The zero-order chi connectivity index (χ0) is 14.8. The van der Waals surface area contributed by atoms with E-state index in [0.29, 0.717) is 5.56 Å². The molecule has 6 heteroatoms. The van der Waals surface area contributed by atoms with Crippen molar-refractivity contribution in [2.75, 3.05) is 0 Å². The average molecular weight is 300 g/mol. The Balaban J connectivity index is 1.68. The molecule has 0 unspecified atom stereocenters. The number of rotatable bonds is 4. The van der Waals surface area contributed by atoms with Crippen LogP contribution in [-0.2, 0) is 11.3 Å². The van der Waals surface area contributed by atoms with Crippen molar-refractivity contribution < 1.29 is 14.3 Å². The van der Waals surface area contributed by atoms with Crippen LogP contribution < -0.4 is 0 Å². The van der Waals surface area contributed by atoms with Crippen molar-refractivity contribution in [1.82, 2.24) is 9.97 Å². The highest BCUT2D eigenvalue weighted by molar-refractivity contribution is 7.18. The average Bonchev–Trinajstić information content (AvgIpc) is 3.11. The highest BCUT2D eigenvalue weighted by Crippen LogP contribution is 2.22. The van der Waals surface area contributed by atoms with Crippen LogP contribution in [0.1, 0.15) is 32.8 Å². The third kappa shape index (κ3) is 2.85. The van der Waals surface area contributed by atoms with Gasteiger partial charge in [-0.1, -0.05) is 12.1 Å². The van der Waals surface area contributed by atoms with E-state index < -0.39 is 5.97 Å². The standard InChI is InChI=1S/C15H12N2O3S/c1-9(18)10-6-12(16-7-10)15(19)20-8-14-17-11-4-2-3-5-13(11)21-14/h2-7,16H,8H2,1H3. The molecule has 2 heterocycles. The van der Waals surface area contributed by atoms with Crippen LogP contribution in [-0.4, -0.2) is 21.7 Å². The maximum atomic E-state index is 11.9. The van der Waals surface area contributed by atoms with Crippen LogP contribution in [0.2, 0.25) is 0 Å². The molecule has 106 valence electrons. The summed E-state index contributed by atoms with van der Waals surface area (Å²) >= 11 is 1.49. The number of ketones is 1. The van der Waals surface area contributed by atoms with E-state index in [1.165, 1.54) is 30.5 Å². The van der Waals surface area contributed by atoms with Crippen LogP contribution >= 0.6 is 11.3 Å². The van der Waals surface area contributed by atoms with E-state index in [2.05, 4.69) is 9.97 Å². The summed E-state index contributed by atoms with van der Waals surface area (Å²) in [7, 11) is 0. The number of hydrogen-bond acceptors (Lipinski definition) is 5. The molecule has 0 fully saturated rings. The molecule has 0 saturated carbocycles. The van der Waals surface area contributed by atoms with Gasteiger partial charge in [0.25, 0.3) is 0 Å². The lowest BCUT2D eigenvalue weighted by Gasteiger charge is -1.99. The second kappa shape index (κ2) is 5.49. The molecule has 1 N–H and O–H groups in total. The first-order chi connectivity index (χ1) is 10.1. The number of carbonyl (C=O) groups excluding carboxylic acids is 2. The molecule has 0 spiro atoms. The number of nitrogens with one attached hydrogen (secondary N) is 1. The number of H-pyrrole nitrogens is 1. The Hall–Kier alpha value is -2.47. The molecule has 3 aromatic rings. The summed E-state index contributed by atoms with van der Waals surface area (Å²) < 4.78 is 6.26. The van der Waals surface area contributed by atoms with Crippen molar-refractivity contribution in [1.29, 1.82) is 0 Å². The summed E-state index contributed by atoms with van der Waals surface area (Å²) in [5.74, 6) is -0.599. The van der Waals surface area contributed by atoms with Crippen LogP contribution in [0.25, 0.3) is 10.2 Å². The number of Topliss-reactive ketones (excluding diaryl/α,β-unsaturated/α-hetero) is 1. The molecule has 0 aliphatic heterocycles. The van der Waals surface area contributed by atoms with Crippen molar-refractivity contribution >= 4 is 33.3 Å². The largest absolute Gasteiger partial charge is 0.454 e. The minimum Gasteiger partial charge on any atom is -0.454 e. The third-order valence-corrected chi connectivity index (χ3v) is 3.98. The summed E-state index contributed by atoms with van der Waals surface area (Å²) in [6.07, 6.45) is 1.50. The monoisotopic (exact) mass is 300 g/mol. The Morgan fingerprint density at radius 2 is 2.14 bits per heavy atom. The minimum absolute atomic E-state index is 0.100. The molecular formula is C15H12N2O3S. The molecule has 0 radical (unpaired) electrons. The number of nitrogens with zero attached hydrogens (tertiary/aromatic N) is 1. The molecular weight excluding hydrogens is 288 g/mol.